The zero-order chi connectivity index (χ0) is 13.3. The average molecular weight is 268 g/mol. The van der Waals surface area contributed by atoms with Crippen molar-refractivity contribution in [1.29, 1.82) is 0 Å². The highest BCUT2D eigenvalue weighted by Gasteiger charge is 2.34. The number of halogens is 1. The lowest BCUT2D eigenvalue weighted by atomic mass is 9.90. The number of rotatable bonds is 5. The molecule has 0 aliphatic heterocycles. The molecule has 1 aromatic rings. The van der Waals surface area contributed by atoms with E-state index in [2.05, 4.69) is 0 Å². The van der Waals surface area contributed by atoms with E-state index < -0.39 is 5.97 Å². The molecule has 1 saturated carbocycles. The van der Waals surface area contributed by atoms with E-state index >= 15 is 0 Å². The van der Waals surface area contributed by atoms with Gasteiger partial charge in [0.15, 0.2) is 0 Å². The Hall–Kier alpha value is -1.22. The third-order valence-corrected chi connectivity index (χ3v) is 3.79. The Labute approximate surface area is 112 Å². The second-order valence-electron chi connectivity index (χ2n) is 5.15. The summed E-state index contributed by atoms with van der Waals surface area (Å²) in [5, 5.41) is 9.72. The van der Waals surface area contributed by atoms with E-state index in [9.17, 15) is 4.79 Å². The molecule has 0 amide bonds. The lowest BCUT2D eigenvalue weighted by Crippen LogP contribution is -2.12. The molecule has 0 radical (unpaired) electrons. The summed E-state index contributed by atoms with van der Waals surface area (Å²) < 4.78 is 0. The van der Waals surface area contributed by atoms with Crippen molar-refractivity contribution in [3.63, 3.8) is 0 Å². The van der Waals surface area contributed by atoms with Gasteiger partial charge in [-0.3, -0.25) is 4.79 Å². The number of carboxylic acid groups (broad SMARTS) is 1. The van der Waals surface area contributed by atoms with Gasteiger partial charge < -0.3 is 10.0 Å². The largest absolute Gasteiger partial charge is 0.481 e. The number of nitrogens with zero attached hydrogens (tertiary/aromatic N) is 1. The fourth-order valence-corrected chi connectivity index (χ4v) is 2.63. The van der Waals surface area contributed by atoms with Gasteiger partial charge in [-0.15, -0.1) is 0 Å². The Morgan fingerprint density at radius 2 is 2.17 bits per heavy atom. The maximum atomic E-state index is 11.0. The van der Waals surface area contributed by atoms with Crippen LogP contribution < -0.4 is 4.90 Å². The third kappa shape index (κ3) is 2.96. The van der Waals surface area contributed by atoms with E-state index in [1.807, 2.05) is 37.2 Å². The minimum atomic E-state index is -0.728. The molecule has 0 spiro atoms. The van der Waals surface area contributed by atoms with E-state index in [4.69, 9.17) is 16.7 Å². The monoisotopic (exact) mass is 267 g/mol. The van der Waals surface area contributed by atoms with Crippen molar-refractivity contribution in [2.45, 2.75) is 25.2 Å². The number of aliphatic carboxylic acids is 1. The summed E-state index contributed by atoms with van der Waals surface area (Å²) in [7, 11) is 3.88. The van der Waals surface area contributed by atoms with Gasteiger partial charge in [0.1, 0.15) is 0 Å². The van der Waals surface area contributed by atoms with Gasteiger partial charge >= 0.3 is 5.97 Å². The van der Waals surface area contributed by atoms with Crippen molar-refractivity contribution in [3.8, 4) is 0 Å². The first kappa shape index (κ1) is 13.2. The highest BCUT2D eigenvalue weighted by atomic mass is 35.5. The number of hydrogen-bond donors (Lipinski definition) is 1. The number of carbonyl (C=O) groups is 1. The van der Waals surface area contributed by atoms with Crippen molar-refractivity contribution in [1.82, 2.24) is 0 Å². The average Bonchev–Trinajstić information content (AvgIpc) is 3.10. The van der Waals surface area contributed by atoms with Crippen LogP contribution in [0.5, 0.6) is 0 Å². The van der Waals surface area contributed by atoms with Crippen LogP contribution >= 0.6 is 11.6 Å². The predicted molar refractivity (Wildman–Crippen MR) is 73.5 cm³/mol. The zero-order valence-corrected chi connectivity index (χ0v) is 11.4. The maximum Gasteiger partial charge on any atom is 0.303 e. The Bertz CT molecular complexity index is 455. The Morgan fingerprint density at radius 3 is 2.67 bits per heavy atom. The van der Waals surface area contributed by atoms with Gasteiger partial charge in [0, 0.05) is 14.1 Å². The van der Waals surface area contributed by atoms with E-state index in [0.29, 0.717) is 10.9 Å². The molecule has 0 heterocycles. The molecular formula is C14H18ClNO2. The molecule has 4 heteroatoms. The maximum absolute atomic E-state index is 11.0. The van der Waals surface area contributed by atoms with Gasteiger partial charge in [-0.1, -0.05) is 17.7 Å². The fraction of sp³-hybridized carbons (Fsp3) is 0.500. The van der Waals surface area contributed by atoms with Gasteiger partial charge in [0.05, 0.1) is 17.1 Å². The van der Waals surface area contributed by atoms with Crippen molar-refractivity contribution in [3.05, 3.63) is 28.8 Å². The van der Waals surface area contributed by atoms with Crippen molar-refractivity contribution in [2.75, 3.05) is 19.0 Å². The Balaban J connectivity index is 2.29. The van der Waals surface area contributed by atoms with Crippen molar-refractivity contribution < 1.29 is 9.90 Å². The molecule has 0 bridgehead atoms. The fourth-order valence-electron chi connectivity index (χ4n) is 2.35. The van der Waals surface area contributed by atoms with Gasteiger partial charge in [-0.2, -0.15) is 0 Å². The first-order chi connectivity index (χ1) is 8.49. The molecule has 2 rings (SSSR count). The molecule has 18 heavy (non-hydrogen) atoms. The van der Waals surface area contributed by atoms with Crippen LogP contribution in [0.25, 0.3) is 0 Å². The molecule has 3 nitrogen and oxygen atoms in total. The van der Waals surface area contributed by atoms with Crippen LogP contribution in [0.3, 0.4) is 0 Å². The highest BCUT2D eigenvalue weighted by molar-refractivity contribution is 6.33. The summed E-state index contributed by atoms with van der Waals surface area (Å²) in [6.07, 6.45) is 2.48. The summed E-state index contributed by atoms with van der Waals surface area (Å²) >= 11 is 6.14. The number of anilines is 1. The topological polar surface area (TPSA) is 40.5 Å². The summed E-state index contributed by atoms with van der Waals surface area (Å²) in [6.45, 7) is 0. The van der Waals surface area contributed by atoms with Gasteiger partial charge in [0.25, 0.3) is 0 Å². The summed E-state index contributed by atoms with van der Waals surface area (Å²) in [6, 6.07) is 5.85. The molecule has 98 valence electrons. The molecule has 1 aliphatic rings. The molecule has 0 aromatic heterocycles. The minimum absolute atomic E-state index is 0.124. The molecular weight excluding hydrogens is 250 g/mol. The van der Waals surface area contributed by atoms with Crippen LogP contribution in [0, 0.1) is 5.92 Å². The summed E-state index contributed by atoms with van der Waals surface area (Å²) in [5.41, 5.74) is 2.04. The molecule has 1 atom stereocenters. The van der Waals surface area contributed by atoms with Crippen molar-refractivity contribution >= 4 is 23.3 Å². The van der Waals surface area contributed by atoms with Gasteiger partial charge in [-0.05, 0) is 42.4 Å². The summed E-state index contributed by atoms with van der Waals surface area (Å²) in [5.74, 6) is -0.0796. The van der Waals surface area contributed by atoms with E-state index in [1.165, 1.54) is 0 Å². The van der Waals surface area contributed by atoms with Gasteiger partial charge in [0.2, 0.25) is 0 Å². The Kier molecular flexibility index (Phi) is 3.81. The molecule has 1 N–H and O–H groups in total. The lowest BCUT2D eigenvalue weighted by Gasteiger charge is -2.20. The number of hydrogen-bond acceptors (Lipinski definition) is 2. The normalized spacial score (nSPS) is 16.4. The summed E-state index contributed by atoms with van der Waals surface area (Å²) in [4.78, 5) is 12.9. The van der Waals surface area contributed by atoms with Crippen LogP contribution in [-0.2, 0) is 4.79 Å². The van der Waals surface area contributed by atoms with E-state index in [1.54, 1.807) is 0 Å². The quantitative estimate of drug-likeness (QED) is 0.889. The second-order valence-corrected chi connectivity index (χ2v) is 5.55. The first-order valence-electron chi connectivity index (χ1n) is 6.17. The molecule has 1 fully saturated rings. The molecule has 1 unspecified atom stereocenters. The van der Waals surface area contributed by atoms with Crippen LogP contribution in [0.4, 0.5) is 5.69 Å². The number of carboxylic acids is 1. The first-order valence-corrected chi connectivity index (χ1v) is 6.55. The molecule has 1 aliphatic carbocycles. The molecule has 1 aromatic carbocycles. The van der Waals surface area contributed by atoms with Gasteiger partial charge in [-0.25, -0.2) is 0 Å². The second kappa shape index (κ2) is 5.19. The van der Waals surface area contributed by atoms with Crippen LogP contribution in [0.1, 0.15) is 30.7 Å². The Morgan fingerprint density at radius 1 is 1.50 bits per heavy atom. The predicted octanol–water partition coefficient (Wildman–Crippen LogP) is 3.37. The van der Waals surface area contributed by atoms with Crippen LogP contribution in [0.15, 0.2) is 18.2 Å². The van der Waals surface area contributed by atoms with E-state index in [-0.39, 0.29) is 12.3 Å². The zero-order valence-electron chi connectivity index (χ0n) is 10.7. The standard InChI is InChI=1S/C14H18ClNO2/c1-16(2)13-7-10(5-6-12(13)15)11(8-14(17)18)9-3-4-9/h5-7,9,11H,3-4,8H2,1-2H3,(H,17,18). The number of benzene rings is 1. The minimum Gasteiger partial charge on any atom is -0.481 e. The third-order valence-electron chi connectivity index (χ3n) is 3.47. The smallest absolute Gasteiger partial charge is 0.303 e. The van der Waals surface area contributed by atoms with Crippen LogP contribution in [0.2, 0.25) is 5.02 Å². The lowest BCUT2D eigenvalue weighted by molar-refractivity contribution is -0.137. The van der Waals surface area contributed by atoms with E-state index in [0.717, 1.165) is 24.1 Å². The highest BCUT2D eigenvalue weighted by Crippen LogP contribution is 2.45. The van der Waals surface area contributed by atoms with Crippen molar-refractivity contribution in [2.24, 2.45) is 5.92 Å². The SMILES string of the molecule is CN(C)c1cc(C(CC(=O)O)C2CC2)ccc1Cl. The van der Waals surface area contributed by atoms with Crippen LogP contribution in [-0.4, -0.2) is 25.2 Å². The molecule has 0 saturated heterocycles.